The second-order valence-electron chi connectivity index (χ2n) is 6.06. The highest BCUT2D eigenvalue weighted by atomic mass is 35.5. The number of esters is 1. The summed E-state index contributed by atoms with van der Waals surface area (Å²) in [5.41, 5.74) is 0.892. The highest BCUT2D eigenvalue weighted by Gasteiger charge is 2.28. The average molecular weight is 373 g/mol. The van der Waals surface area contributed by atoms with Gasteiger partial charge in [0.2, 0.25) is 5.91 Å². The normalized spacial score (nSPS) is 15.6. The number of hydrogen-bond acceptors (Lipinski definition) is 4. The van der Waals surface area contributed by atoms with Crippen LogP contribution in [0.4, 0.5) is 0 Å². The van der Waals surface area contributed by atoms with E-state index < -0.39 is 0 Å². The minimum atomic E-state index is -0.185. The van der Waals surface area contributed by atoms with Crippen molar-refractivity contribution in [1.82, 2.24) is 9.80 Å². The lowest BCUT2D eigenvalue weighted by molar-refractivity contribution is -0.149. The summed E-state index contributed by atoms with van der Waals surface area (Å²) in [5, 5.41) is 1.04. The van der Waals surface area contributed by atoms with Crippen molar-refractivity contribution in [3.05, 3.63) is 33.8 Å². The van der Waals surface area contributed by atoms with Crippen LogP contribution in [0.3, 0.4) is 0 Å². The molecule has 0 radical (unpaired) electrons. The van der Waals surface area contributed by atoms with Crippen LogP contribution in [0.1, 0.15) is 18.4 Å². The Morgan fingerprint density at radius 3 is 2.58 bits per heavy atom. The Morgan fingerprint density at radius 1 is 1.29 bits per heavy atom. The van der Waals surface area contributed by atoms with E-state index in [-0.39, 0.29) is 17.8 Å². The molecule has 1 aromatic carbocycles. The van der Waals surface area contributed by atoms with Crippen LogP contribution in [0.5, 0.6) is 0 Å². The van der Waals surface area contributed by atoms with E-state index in [0.717, 1.165) is 5.56 Å². The molecule has 0 spiro atoms. The van der Waals surface area contributed by atoms with Gasteiger partial charge < -0.3 is 9.64 Å². The number of hydrogen-bond donors (Lipinski definition) is 0. The summed E-state index contributed by atoms with van der Waals surface area (Å²) in [7, 11) is 3.27. The van der Waals surface area contributed by atoms with Gasteiger partial charge in [0.1, 0.15) is 0 Å². The van der Waals surface area contributed by atoms with Gasteiger partial charge in [0, 0.05) is 19.6 Å². The molecule has 7 heteroatoms. The maximum Gasteiger partial charge on any atom is 0.308 e. The Hall–Kier alpha value is -1.30. The highest BCUT2D eigenvalue weighted by molar-refractivity contribution is 6.42. The zero-order valence-corrected chi connectivity index (χ0v) is 15.4. The molecule has 1 aliphatic rings. The molecule has 0 saturated carbocycles. The molecule has 1 heterocycles. The second-order valence-corrected chi connectivity index (χ2v) is 6.85. The van der Waals surface area contributed by atoms with Crippen molar-refractivity contribution in [1.29, 1.82) is 0 Å². The number of methoxy groups -OCH3 is 1. The third kappa shape index (κ3) is 4.85. The largest absolute Gasteiger partial charge is 0.469 e. The van der Waals surface area contributed by atoms with Crippen LogP contribution in [0.2, 0.25) is 10.0 Å². The monoisotopic (exact) mass is 372 g/mol. The zero-order valence-electron chi connectivity index (χ0n) is 13.9. The molecule has 2 rings (SSSR count). The predicted molar refractivity (Wildman–Crippen MR) is 94.1 cm³/mol. The predicted octanol–water partition coefficient (Wildman–Crippen LogP) is 2.84. The molecule has 0 aromatic heterocycles. The maximum atomic E-state index is 12.4. The van der Waals surface area contributed by atoms with Crippen molar-refractivity contribution in [3.8, 4) is 0 Å². The molecule has 24 heavy (non-hydrogen) atoms. The van der Waals surface area contributed by atoms with Crippen LogP contribution < -0.4 is 0 Å². The van der Waals surface area contributed by atoms with Gasteiger partial charge in [-0.3, -0.25) is 14.5 Å². The Labute approximate surface area is 152 Å². The molecule has 0 atom stereocenters. The van der Waals surface area contributed by atoms with Crippen LogP contribution in [0.25, 0.3) is 0 Å². The lowest BCUT2D eigenvalue weighted by Gasteiger charge is -2.32. The van der Waals surface area contributed by atoms with Crippen LogP contribution in [-0.2, 0) is 20.9 Å². The number of benzene rings is 1. The van der Waals surface area contributed by atoms with Gasteiger partial charge >= 0.3 is 5.97 Å². The fourth-order valence-electron chi connectivity index (χ4n) is 2.88. The number of nitrogens with zero attached hydrogens (tertiary/aromatic N) is 2. The number of piperidine rings is 1. The zero-order chi connectivity index (χ0) is 17.7. The van der Waals surface area contributed by atoms with E-state index >= 15 is 0 Å². The minimum Gasteiger partial charge on any atom is -0.469 e. The van der Waals surface area contributed by atoms with Crippen LogP contribution in [-0.4, -0.2) is 55.5 Å². The van der Waals surface area contributed by atoms with E-state index in [9.17, 15) is 9.59 Å². The summed E-state index contributed by atoms with van der Waals surface area (Å²) in [6.07, 6.45) is 1.31. The first-order chi connectivity index (χ1) is 11.4. The fraction of sp³-hybridized carbons (Fsp3) is 0.529. The van der Waals surface area contributed by atoms with Crippen LogP contribution >= 0.6 is 23.2 Å². The van der Waals surface area contributed by atoms with Gasteiger partial charge in [-0.2, -0.15) is 0 Å². The number of rotatable bonds is 5. The van der Waals surface area contributed by atoms with Gasteiger partial charge in [0.25, 0.3) is 0 Å². The van der Waals surface area contributed by atoms with Gasteiger partial charge in [0.05, 0.1) is 29.6 Å². The molecule has 132 valence electrons. The van der Waals surface area contributed by atoms with Crippen molar-refractivity contribution < 1.29 is 14.3 Å². The molecule has 1 aliphatic heterocycles. The topological polar surface area (TPSA) is 49.9 Å². The number of amides is 1. The number of carbonyl (C=O) groups excluding carboxylic acids is 2. The first-order valence-corrected chi connectivity index (χ1v) is 8.65. The molecule has 1 fully saturated rings. The number of halogens is 2. The third-order valence-electron chi connectivity index (χ3n) is 4.26. The smallest absolute Gasteiger partial charge is 0.308 e. The SMILES string of the molecule is COC(=O)C1CCN(C(=O)CN(C)Cc2cccc(Cl)c2Cl)CC1. The summed E-state index contributed by atoms with van der Waals surface area (Å²) in [6.45, 7) is 2.02. The van der Waals surface area contributed by atoms with E-state index in [0.29, 0.717) is 49.1 Å². The van der Waals surface area contributed by atoms with E-state index in [1.54, 1.807) is 11.0 Å². The standard InChI is InChI=1S/C17H22Cl2N2O3/c1-20(10-13-4-3-5-14(18)16(13)19)11-15(22)21-8-6-12(7-9-21)17(23)24-2/h3-5,12H,6-11H2,1-2H3. The summed E-state index contributed by atoms with van der Waals surface area (Å²) >= 11 is 12.2. The lowest BCUT2D eigenvalue weighted by atomic mass is 9.97. The molecular formula is C17H22Cl2N2O3. The fourth-order valence-corrected chi connectivity index (χ4v) is 3.26. The van der Waals surface area contributed by atoms with Gasteiger partial charge in [0.15, 0.2) is 0 Å². The van der Waals surface area contributed by atoms with Crippen molar-refractivity contribution in [2.45, 2.75) is 19.4 Å². The first kappa shape index (κ1) is 19.0. The minimum absolute atomic E-state index is 0.0546. The van der Waals surface area contributed by atoms with E-state index in [1.807, 2.05) is 24.1 Å². The van der Waals surface area contributed by atoms with Crippen LogP contribution in [0.15, 0.2) is 18.2 Å². The molecular weight excluding hydrogens is 351 g/mol. The number of likely N-dealkylation sites (tertiary alicyclic amines) is 1. The number of carbonyl (C=O) groups is 2. The van der Waals surface area contributed by atoms with Crippen molar-refractivity contribution >= 4 is 35.1 Å². The summed E-state index contributed by atoms with van der Waals surface area (Å²) in [4.78, 5) is 27.6. The van der Waals surface area contributed by atoms with Gasteiger partial charge in [-0.15, -0.1) is 0 Å². The molecule has 1 saturated heterocycles. The number of ether oxygens (including phenoxy) is 1. The average Bonchev–Trinajstić information content (AvgIpc) is 2.58. The quantitative estimate of drug-likeness (QED) is 0.745. The summed E-state index contributed by atoms with van der Waals surface area (Å²) in [6, 6.07) is 5.48. The Bertz CT molecular complexity index is 601. The van der Waals surface area contributed by atoms with Gasteiger partial charge in [-0.05, 0) is 31.5 Å². The van der Waals surface area contributed by atoms with Crippen molar-refractivity contribution in [3.63, 3.8) is 0 Å². The first-order valence-electron chi connectivity index (χ1n) is 7.89. The molecule has 0 aliphatic carbocycles. The molecule has 0 bridgehead atoms. The van der Waals surface area contributed by atoms with Crippen molar-refractivity contribution in [2.24, 2.45) is 5.92 Å². The van der Waals surface area contributed by atoms with Gasteiger partial charge in [-0.25, -0.2) is 0 Å². The molecule has 0 unspecified atom stereocenters. The lowest BCUT2D eigenvalue weighted by Crippen LogP contribution is -2.44. The van der Waals surface area contributed by atoms with E-state index in [1.165, 1.54) is 7.11 Å². The molecule has 1 amide bonds. The van der Waals surface area contributed by atoms with Crippen LogP contribution in [0, 0.1) is 5.92 Å². The Balaban J connectivity index is 1.84. The molecule has 5 nitrogen and oxygen atoms in total. The summed E-state index contributed by atoms with van der Waals surface area (Å²) in [5.74, 6) is -0.226. The molecule has 0 N–H and O–H groups in total. The van der Waals surface area contributed by atoms with Crippen molar-refractivity contribution in [2.75, 3.05) is 33.8 Å². The second kappa shape index (κ2) is 8.70. The van der Waals surface area contributed by atoms with E-state index in [2.05, 4.69) is 0 Å². The summed E-state index contributed by atoms with van der Waals surface area (Å²) < 4.78 is 4.76. The van der Waals surface area contributed by atoms with Gasteiger partial charge in [-0.1, -0.05) is 35.3 Å². The Kier molecular flexibility index (Phi) is 6.90. The van der Waals surface area contributed by atoms with E-state index in [4.69, 9.17) is 27.9 Å². The maximum absolute atomic E-state index is 12.4. The number of likely N-dealkylation sites (N-methyl/N-ethyl adjacent to an activating group) is 1. The third-order valence-corrected chi connectivity index (χ3v) is 5.12. The Morgan fingerprint density at radius 2 is 1.96 bits per heavy atom. The highest BCUT2D eigenvalue weighted by Crippen LogP contribution is 2.26. The molecule has 1 aromatic rings.